The van der Waals surface area contributed by atoms with Gasteiger partial charge in [0.15, 0.2) is 0 Å². The van der Waals surface area contributed by atoms with Crippen LogP contribution in [-0.4, -0.2) is 0 Å². The maximum atomic E-state index is 14.3. The Morgan fingerprint density at radius 1 is 0.727 bits per heavy atom. The Bertz CT molecular complexity index is 1280. The average Bonchev–Trinajstić information content (AvgIpc) is 2.80. The van der Waals surface area contributed by atoms with Crippen molar-refractivity contribution in [2.24, 2.45) is 0 Å². The van der Waals surface area contributed by atoms with Gasteiger partial charge in [0, 0.05) is 16.7 Å². The highest BCUT2D eigenvalue weighted by atomic mass is 32.2. The summed E-state index contributed by atoms with van der Waals surface area (Å²) >= 11 is 0.758. The van der Waals surface area contributed by atoms with E-state index in [0.717, 1.165) is 31.0 Å². The largest absolute Gasteiger partial charge is 0.206 e. The van der Waals surface area contributed by atoms with E-state index in [0.29, 0.717) is 28.7 Å². The van der Waals surface area contributed by atoms with Gasteiger partial charge in [0.05, 0.1) is 10.5 Å². The summed E-state index contributed by atoms with van der Waals surface area (Å²) in [6, 6.07) is 14.0. The number of benzene rings is 3. The average molecular weight is 460 g/mol. The summed E-state index contributed by atoms with van der Waals surface area (Å²) in [6.07, 6.45) is 3.62. The third-order valence-corrected chi connectivity index (χ3v) is 5.47. The Hall–Kier alpha value is -3.59. The predicted molar refractivity (Wildman–Crippen MR) is 126 cm³/mol. The number of thiocyanates is 1. The molecule has 0 unspecified atom stereocenters. The Kier molecular flexibility index (Phi) is 8.65. The standard InChI is InChI=1S/C28H20F3NS/c1-2-3-4-5-23-17-25(29)24(26(30)18-23)14-12-21-8-6-20(7-9-21)10-11-22-13-15-28(33-19-32)27(31)16-22/h6-9,13,15-18H,2-5H2,1H3. The van der Waals surface area contributed by atoms with Crippen LogP contribution in [0, 0.1) is 51.8 Å². The third kappa shape index (κ3) is 6.95. The highest BCUT2D eigenvalue weighted by Crippen LogP contribution is 2.21. The van der Waals surface area contributed by atoms with Crippen molar-refractivity contribution in [2.75, 3.05) is 0 Å². The van der Waals surface area contributed by atoms with Crippen LogP contribution in [0.2, 0.25) is 0 Å². The Morgan fingerprint density at radius 2 is 1.30 bits per heavy atom. The molecule has 0 saturated carbocycles. The highest BCUT2D eigenvalue weighted by molar-refractivity contribution is 8.03. The van der Waals surface area contributed by atoms with Gasteiger partial charge in [-0.1, -0.05) is 43.4 Å². The van der Waals surface area contributed by atoms with E-state index in [4.69, 9.17) is 5.26 Å². The zero-order valence-electron chi connectivity index (χ0n) is 18.0. The summed E-state index contributed by atoms with van der Waals surface area (Å²) in [6.45, 7) is 2.08. The lowest BCUT2D eigenvalue weighted by Gasteiger charge is -2.04. The van der Waals surface area contributed by atoms with Crippen LogP contribution in [0.1, 0.15) is 54.0 Å². The molecule has 0 aliphatic heterocycles. The van der Waals surface area contributed by atoms with Crippen LogP contribution >= 0.6 is 11.8 Å². The maximum absolute atomic E-state index is 14.3. The molecular formula is C28H20F3NS. The van der Waals surface area contributed by atoms with E-state index in [1.54, 1.807) is 30.3 Å². The summed E-state index contributed by atoms with van der Waals surface area (Å²) < 4.78 is 42.6. The van der Waals surface area contributed by atoms with Crippen molar-refractivity contribution in [1.29, 1.82) is 5.26 Å². The number of nitrogens with zero attached hydrogens (tertiary/aromatic N) is 1. The molecule has 0 bridgehead atoms. The fourth-order valence-electron chi connectivity index (χ4n) is 3.09. The molecule has 3 aromatic carbocycles. The number of hydrogen-bond donors (Lipinski definition) is 0. The number of aryl methyl sites for hydroxylation is 1. The van der Waals surface area contributed by atoms with Crippen molar-refractivity contribution >= 4 is 11.8 Å². The van der Waals surface area contributed by atoms with Crippen LogP contribution in [0.4, 0.5) is 13.2 Å². The lowest BCUT2D eigenvalue weighted by molar-refractivity contribution is 0.572. The van der Waals surface area contributed by atoms with E-state index in [1.807, 2.05) is 5.40 Å². The molecule has 0 fully saturated rings. The van der Waals surface area contributed by atoms with E-state index in [-0.39, 0.29) is 10.5 Å². The van der Waals surface area contributed by atoms with Gasteiger partial charge in [-0.05, 0) is 84.8 Å². The minimum absolute atomic E-state index is 0.238. The van der Waals surface area contributed by atoms with E-state index in [9.17, 15) is 13.2 Å². The molecule has 0 N–H and O–H groups in total. The summed E-state index contributed by atoms with van der Waals surface area (Å²) in [5, 5.41) is 10.5. The molecule has 33 heavy (non-hydrogen) atoms. The molecule has 1 nitrogen and oxygen atoms in total. The Morgan fingerprint density at radius 3 is 1.88 bits per heavy atom. The van der Waals surface area contributed by atoms with Gasteiger partial charge in [0.1, 0.15) is 22.9 Å². The number of nitriles is 1. The lowest BCUT2D eigenvalue weighted by atomic mass is 10.0. The van der Waals surface area contributed by atoms with Gasteiger partial charge in [0.25, 0.3) is 0 Å². The second-order valence-corrected chi connectivity index (χ2v) is 8.13. The monoisotopic (exact) mass is 459 g/mol. The minimum atomic E-state index is -0.650. The zero-order valence-corrected chi connectivity index (χ0v) is 18.8. The fourth-order valence-corrected chi connectivity index (χ4v) is 3.49. The first kappa shape index (κ1) is 24.1. The van der Waals surface area contributed by atoms with E-state index < -0.39 is 17.5 Å². The van der Waals surface area contributed by atoms with Crippen molar-refractivity contribution in [1.82, 2.24) is 0 Å². The summed E-state index contributed by atoms with van der Waals surface area (Å²) in [4.78, 5) is 0.255. The van der Waals surface area contributed by atoms with Crippen molar-refractivity contribution < 1.29 is 13.2 Å². The van der Waals surface area contributed by atoms with Crippen LogP contribution in [-0.2, 0) is 6.42 Å². The molecule has 0 amide bonds. The topological polar surface area (TPSA) is 23.8 Å². The van der Waals surface area contributed by atoms with Gasteiger partial charge in [0.2, 0.25) is 0 Å². The number of thioether (sulfide) groups is 1. The molecule has 3 rings (SSSR count). The summed E-state index contributed by atoms with van der Waals surface area (Å²) in [7, 11) is 0. The molecular weight excluding hydrogens is 439 g/mol. The first-order valence-electron chi connectivity index (χ1n) is 10.5. The number of rotatable bonds is 5. The molecule has 0 aliphatic rings. The smallest absolute Gasteiger partial charge is 0.142 e. The maximum Gasteiger partial charge on any atom is 0.142 e. The van der Waals surface area contributed by atoms with Gasteiger partial charge in [-0.2, -0.15) is 5.26 Å². The second kappa shape index (κ2) is 11.9. The van der Waals surface area contributed by atoms with Crippen molar-refractivity contribution in [3.05, 3.63) is 99.9 Å². The minimum Gasteiger partial charge on any atom is -0.206 e. The molecule has 0 heterocycles. The molecule has 0 saturated heterocycles. The van der Waals surface area contributed by atoms with E-state index in [2.05, 4.69) is 30.6 Å². The third-order valence-electron chi connectivity index (χ3n) is 4.83. The molecule has 5 heteroatoms. The normalized spacial score (nSPS) is 9.91. The molecule has 0 atom stereocenters. The van der Waals surface area contributed by atoms with Crippen LogP contribution in [0.15, 0.2) is 59.5 Å². The van der Waals surface area contributed by atoms with E-state index >= 15 is 0 Å². The summed E-state index contributed by atoms with van der Waals surface area (Å²) in [5.74, 6) is 9.38. The molecule has 3 aromatic rings. The van der Waals surface area contributed by atoms with E-state index in [1.165, 1.54) is 24.3 Å². The molecule has 0 aromatic heterocycles. The van der Waals surface area contributed by atoms with Gasteiger partial charge < -0.3 is 0 Å². The van der Waals surface area contributed by atoms with Crippen LogP contribution < -0.4 is 0 Å². The zero-order chi connectivity index (χ0) is 23.6. The quantitative estimate of drug-likeness (QED) is 0.174. The predicted octanol–water partition coefficient (Wildman–Crippen LogP) is 7.21. The summed E-state index contributed by atoms with van der Waals surface area (Å²) in [5.41, 5.74) is 2.17. The fraction of sp³-hybridized carbons (Fsp3) is 0.179. The van der Waals surface area contributed by atoms with Crippen LogP contribution in [0.3, 0.4) is 0 Å². The first-order valence-corrected chi connectivity index (χ1v) is 11.3. The van der Waals surface area contributed by atoms with Crippen LogP contribution in [0.25, 0.3) is 0 Å². The van der Waals surface area contributed by atoms with Gasteiger partial charge in [-0.3, -0.25) is 0 Å². The van der Waals surface area contributed by atoms with Crippen molar-refractivity contribution in [3.63, 3.8) is 0 Å². The van der Waals surface area contributed by atoms with Gasteiger partial charge >= 0.3 is 0 Å². The number of unbranched alkanes of at least 4 members (excludes halogenated alkanes) is 2. The highest BCUT2D eigenvalue weighted by Gasteiger charge is 2.09. The van der Waals surface area contributed by atoms with Crippen molar-refractivity contribution in [2.45, 2.75) is 37.5 Å². The second-order valence-electron chi connectivity index (χ2n) is 7.31. The number of hydrogen-bond acceptors (Lipinski definition) is 2. The van der Waals surface area contributed by atoms with Crippen molar-refractivity contribution in [3.8, 4) is 29.1 Å². The molecule has 164 valence electrons. The van der Waals surface area contributed by atoms with Gasteiger partial charge in [-0.15, -0.1) is 0 Å². The SMILES string of the molecule is CCCCCc1cc(F)c(C#Cc2ccc(C#Cc3ccc(SC#N)c(F)c3)cc2)c(F)c1. The van der Waals surface area contributed by atoms with Crippen LogP contribution in [0.5, 0.6) is 0 Å². The van der Waals surface area contributed by atoms with Gasteiger partial charge in [-0.25, -0.2) is 13.2 Å². The lowest BCUT2D eigenvalue weighted by Crippen LogP contribution is -1.95. The number of halogens is 3. The Labute approximate surface area is 196 Å². The first-order chi connectivity index (χ1) is 16.0. The molecule has 0 aliphatic carbocycles. The molecule has 0 radical (unpaired) electrons. The molecule has 0 spiro atoms. The Balaban J connectivity index is 1.71.